The molecule has 0 fully saturated rings. The number of rotatable bonds is 8. The Morgan fingerprint density at radius 3 is 2.55 bits per heavy atom. The van der Waals surface area contributed by atoms with Crippen molar-refractivity contribution in [1.82, 2.24) is 0 Å². The van der Waals surface area contributed by atoms with Gasteiger partial charge in [-0.1, -0.05) is 44.2 Å². The maximum Gasteiger partial charge on any atom is 0.337 e. The summed E-state index contributed by atoms with van der Waals surface area (Å²) in [4.78, 5) is 22.8. The summed E-state index contributed by atoms with van der Waals surface area (Å²) in [7, 11) is 0. The van der Waals surface area contributed by atoms with Gasteiger partial charge in [0.25, 0.3) is 0 Å². The Labute approximate surface area is 124 Å². The molecule has 2 N–H and O–H groups in total. The Kier molecular flexibility index (Phi) is 7.09. The molecule has 0 atom stereocenters. The van der Waals surface area contributed by atoms with E-state index in [9.17, 15) is 9.59 Å². The first-order chi connectivity index (χ1) is 9.54. The van der Waals surface area contributed by atoms with Gasteiger partial charge in [-0.15, -0.1) is 0 Å². The molecule has 0 bridgehead atoms. The number of hydrogen-bond acceptors (Lipinski definition) is 2. The minimum atomic E-state index is -1.11. The quantitative estimate of drug-likeness (QED) is 0.702. The van der Waals surface area contributed by atoms with Gasteiger partial charge in [-0.05, 0) is 24.6 Å². The number of carboxylic acid groups (broad SMARTS) is 1. The molecule has 0 radical (unpaired) electrons. The molecule has 1 amide bonds. The average Bonchev–Trinajstić information content (AvgIpc) is 2.40. The van der Waals surface area contributed by atoms with Crippen LogP contribution in [0, 0.1) is 0 Å². The van der Waals surface area contributed by atoms with Gasteiger partial charge in [0.15, 0.2) is 0 Å². The SMILES string of the molecule is CCCCCCCC(=O)Nc1ccc(Cl)cc1C(=O)O. The Morgan fingerprint density at radius 2 is 1.90 bits per heavy atom. The molecule has 0 aliphatic carbocycles. The molecule has 0 saturated carbocycles. The monoisotopic (exact) mass is 297 g/mol. The van der Waals surface area contributed by atoms with Crippen molar-refractivity contribution in [3.05, 3.63) is 28.8 Å². The van der Waals surface area contributed by atoms with Crippen LogP contribution in [-0.2, 0) is 4.79 Å². The van der Waals surface area contributed by atoms with Crippen LogP contribution in [0.15, 0.2) is 18.2 Å². The van der Waals surface area contributed by atoms with E-state index >= 15 is 0 Å². The Hall–Kier alpha value is -1.55. The second kappa shape index (κ2) is 8.59. The van der Waals surface area contributed by atoms with Gasteiger partial charge in [0.2, 0.25) is 5.91 Å². The van der Waals surface area contributed by atoms with Crippen molar-refractivity contribution >= 4 is 29.2 Å². The van der Waals surface area contributed by atoms with Gasteiger partial charge in [0.05, 0.1) is 11.3 Å². The number of carboxylic acids is 1. The van der Waals surface area contributed by atoms with Crippen LogP contribution in [0.25, 0.3) is 0 Å². The summed E-state index contributed by atoms with van der Waals surface area (Å²) in [6, 6.07) is 4.41. The molecule has 4 nitrogen and oxygen atoms in total. The van der Waals surface area contributed by atoms with Gasteiger partial charge >= 0.3 is 5.97 Å². The fourth-order valence-electron chi connectivity index (χ4n) is 1.90. The number of amides is 1. The Balaban J connectivity index is 2.51. The van der Waals surface area contributed by atoms with Crippen LogP contribution in [0.5, 0.6) is 0 Å². The van der Waals surface area contributed by atoms with E-state index in [0.717, 1.165) is 19.3 Å². The number of hydrogen-bond donors (Lipinski definition) is 2. The van der Waals surface area contributed by atoms with Gasteiger partial charge in [-0.3, -0.25) is 4.79 Å². The molecule has 0 heterocycles. The van der Waals surface area contributed by atoms with E-state index in [1.54, 1.807) is 6.07 Å². The second-order valence-electron chi connectivity index (χ2n) is 4.71. The van der Waals surface area contributed by atoms with E-state index in [-0.39, 0.29) is 11.5 Å². The van der Waals surface area contributed by atoms with E-state index in [2.05, 4.69) is 12.2 Å². The zero-order valence-corrected chi connectivity index (χ0v) is 12.4. The number of carbonyl (C=O) groups excluding carboxylic acids is 1. The lowest BCUT2D eigenvalue weighted by Crippen LogP contribution is -2.14. The highest BCUT2D eigenvalue weighted by atomic mass is 35.5. The smallest absolute Gasteiger partial charge is 0.337 e. The lowest BCUT2D eigenvalue weighted by Gasteiger charge is -2.08. The zero-order chi connectivity index (χ0) is 15.0. The number of anilines is 1. The molecule has 0 spiro atoms. The lowest BCUT2D eigenvalue weighted by molar-refractivity contribution is -0.116. The van der Waals surface area contributed by atoms with Gasteiger partial charge in [0, 0.05) is 11.4 Å². The predicted molar refractivity (Wildman–Crippen MR) is 80.4 cm³/mol. The Bertz CT molecular complexity index is 474. The first-order valence-electron chi connectivity index (χ1n) is 6.87. The minimum absolute atomic E-state index is 0.0110. The van der Waals surface area contributed by atoms with Crippen LogP contribution in [0.3, 0.4) is 0 Å². The standard InChI is InChI=1S/C15H20ClNO3/c1-2-3-4-5-6-7-14(18)17-13-9-8-11(16)10-12(13)15(19)20/h8-10H,2-7H2,1H3,(H,17,18)(H,19,20). The van der Waals surface area contributed by atoms with E-state index in [1.807, 2.05) is 0 Å². The van der Waals surface area contributed by atoms with E-state index < -0.39 is 5.97 Å². The molecule has 0 aromatic heterocycles. The van der Waals surface area contributed by atoms with E-state index in [0.29, 0.717) is 17.1 Å². The maximum absolute atomic E-state index is 11.8. The number of unbranched alkanes of at least 4 members (excludes halogenated alkanes) is 4. The number of carbonyl (C=O) groups is 2. The molecule has 1 aromatic carbocycles. The van der Waals surface area contributed by atoms with Crippen molar-refractivity contribution in [2.45, 2.75) is 45.4 Å². The van der Waals surface area contributed by atoms with Crippen LogP contribution in [0.4, 0.5) is 5.69 Å². The predicted octanol–water partition coefficient (Wildman–Crippen LogP) is 4.34. The molecular formula is C15H20ClNO3. The highest BCUT2D eigenvalue weighted by molar-refractivity contribution is 6.31. The van der Waals surface area contributed by atoms with Crippen LogP contribution < -0.4 is 5.32 Å². The molecule has 0 saturated heterocycles. The molecule has 0 aliphatic rings. The van der Waals surface area contributed by atoms with Gasteiger partial charge in [0.1, 0.15) is 0 Å². The number of benzene rings is 1. The number of nitrogens with one attached hydrogen (secondary N) is 1. The fourth-order valence-corrected chi connectivity index (χ4v) is 2.08. The van der Waals surface area contributed by atoms with Gasteiger partial charge in [-0.2, -0.15) is 0 Å². The van der Waals surface area contributed by atoms with E-state index in [1.165, 1.54) is 25.0 Å². The summed E-state index contributed by atoms with van der Waals surface area (Å²) >= 11 is 5.75. The van der Waals surface area contributed by atoms with E-state index in [4.69, 9.17) is 16.7 Å². The summed E-state index contributed by atoms with van der Waals surface area (Å²) in [5.74, 6) is -1.27. The van der Waals surface area contributed by atoms with Crippen LogP contribution in [0.2, 0.25) is 5.02 Å². The van der Waals surface area contributed by atoms with Crippen molar-refractivity contribution in [2.24, 2.45) is 0 Å². The molecule has 20 heavy (non-hydrogen) atoms. The maximum atomic E-state index is 11.8. The first kappa shape index (κ1) is 16.5. The molecule has 0 aliphatic heterocycles. The van der Waals surface area contributed by atoms with Crippen molar-refractivity contribution in [1.29, 1.82) is 0 Å². The summed E-state index contributed by atoms with van der Waals surface area (Å²) in [5, 5.41) is 12.0. The molecule has 110 valence electrons. The van der Waals surface area contributed by atoms with Gasteiger partial charge < -0.3 is 10.4 Å². The lowest BCUT2D eigenvalue weighted by atomic mass is 10.1. The van der Waals surface area contributed by atoms with Crippen LogP contribution in [0.1, 0.15) is 55.8 Å². The van der Waals surface area contributed by atoms with Crippen molar-refractivity contribution in [3.63, 3.8) is 0 Å². The summed E-state index contributed by atoms with van der Waals surface area (Å²) in [5.41, 5.74) is 0.303. The topological polar surface area (TPSA) is 66.4 Å². The third kappa shape index (κ3) is 5.61. The van der Waals surface area contributed by atoms with Gasteiger partial charge in [-0.25, -0.2) is 4.79 Å². The van der Waals surface area contributed by atoms with Crippen molar-refractivity contribution < 1.29 is 14.7 Å². The molecule has 0 unspecified atom stereocenters. The van der Waals surface area contributed by atoms with Crippen molar-refractivity contribution in [3.8, 4) is 0 Å². The number of halogens is 1. The molecule has 1 rings (SSSR count). The summed E-state index contributed by atoms with van der Waals surface area (Å²) < 4.78 is 0. The fraction of sp³-hybridized carbons (Fsp3) is 0.467. The highest BCUT2D eigenvalue weighted by Gasteiger charge is 2.12. The summed E-state index contributed by atoms with van der Waals surface area (Å²) in [6.07, 6.45) is 5.73. The van der Waals surface area contributed by atoms with Crippen LogP contribution >= 0.6 is 11.6 Å². The summed E-state index contributed by atoms with van der Waals surface area (Å²) in [6.45, 7) is 2.14. The normalized spacial score (nSPS) is 10.3. The molecule has 5 heteroatoms. The molecular weight excluding hydrogens is 278 g/mol. The third-order valence-corrected chi connectivity index (χ3v) is 3.23. The second-order valence-corrected chi connectivity index (χ2v) is 5.14. The first-order valence-corrected chi connectivity index (χ1v) is 7.25. The minimum Gasteiger partial charge on any atom is -0.478 e. The highest BCUT2D eigenvalue weighted by Crippen LogP contribution is 2.21. The molecule has 1 aromatic rings. The Morgan fingerprint density at radius 1 is 1.20 bits per heavy atom. The average molecular weight is 298 g/mol. The largest absolute Gasteiger partial charge is 0.478 e. The zero-order valence-electron chi connectivity index (χ0n) is 11.6. The number of aromatic carboxylic acids is 1. The van der Waals surface area contributed by atoms with Crippen molar-refractivity contribution in [2.75, 3.05) is 5.32 Å². The van der Waals surface area contributed by atoms with Crippen LogP contribution in [-0.4, -0.2) is 17.0 Å². The third-order valence-electron chi connectivity index (χ3n) is 2.99.